The Bertz CT molecular complexity index is 711. The highest BCUT2D eigenvalue weighted by molar-refractivity contribution is 5.84. The topological polar surface area (TPSA) is 102 Å². The normalized spacial score (nSPS) is 11.0. The minimum atomic E-state index is -0.0127. The summed E-state index contributed by atoms with van der Waals surface area (Å²) in [5, 5.41) is 27.3. The lowest BCUT2D eigenvalue weighted by molar-refractivity contribution is 0.0553. The number of rotatable bonds is 9. The van der Waals surface area contributed by atoms with Crippen molar-refractivity contribution in [2.75, 3.05) is 27.4 Å². The molecule has 0 aliphatic heterocycles. The molecule has 0 atom stereocenters. The average molecular weight is 360 g/mol. The summed E-state index contributed by atoms with van der Waals surface area (Å²) in [5.41, 5.74) is 0.938. The highest BCUT2D eigenvalue weighted by Crippen LogP contribution is 2.28. The number of hydrogen-bond donors (Lipinski definition) is 2. The van der Waals surface area contributed by atoms with Crippen molar-refractivity contribution in [2.24, 2.45) is 10.3 Å². The van der Waals surface area contributed by atoms with Gasteiger partial charge in [-0.25, -0.2) is 0 Å². The van der Waals surface area contributed by atoms with E-state index in [0.717, 1.165) is 0 Å². The van der Waals surface area contributed by atoms with Crippen molar-refractivity contribution in [3.05, 3.63) is 47.5 Å². The summed E-state index contributed by atoms with van der Waals surface area (Å²) in [6.45, 7) is 0.311. The van der Waals surface area contributed by atoms with Crippen molar-refractivity contribution in [1.29, 1.82) is 0 Å². The van der Waals surface area contributed by atoms with Gasteiger partial charge in [-0.05, 0) is 24.3 Å². The molecule has 0 spiro atoms. The van der Waals surface area contributed by atoms with Gasteiger partial charge >= 0.3 is 0 Å². The first-order valence-corrected chi connectivity index (χ1v) is 7.70. The number of phenols is 2. The molecule has 0 unspecified atom stereocenters. The fraction of sp³-hybridized carbons (Fsp3) is 0.222. The van der Waals surface area contributed by atoms with Crippen molar-refractivity contribution in [2.45, 2.75) is 0 Å². The third-order valence-electron chi connectivity index (χ3n) is 3.30. The molecule has 0 saturated carbocycles. The van der Waals surface area contributed by atoms with E-state index in [1.54, 1.807) is 36.4 Å². The quantitative estimate of drug-likeness (QED) is 0.405. The molecule has 2 aromatic carbocycles. The number of benzene rings is 2. The van der Waals surface area contributed by atoms with Gasteiger partial charge in [0.1, 0.15) is 0 Å². The van der Waals surface area contributed by atoms with Gasteiger partial charge in [0.15, 0.2) is 36.2 Å². The molecule has 26 heavy (non-hydrogen) atoms. The third-order valence-corrected chi connectivity index (χ3v) is 3.30. The second-order valence-corrected chi connectivity index (χ2v) is 4.93. The van der Waals surface area contributed by atoms with Gasteiger partial charge in [0.2, 0.25) is 0 Å². The largest absolute Gasteiger partial charge is 0.504 e. The zero-order valence-corrected chi connectivity index (χ0v) is 14.5. The molecule has 0 aliphatic rings. The fourth-order valence-electron chi connectivity index (χ4n) is 1.98. The molecule has 138 valence electrons. The van der Waals surface area contributed by atoms with Crippen LogP contribution in [0.3, 0.4) is 0 Å². The van der Waals surface area contributed by atoms with Gasteiger partial charge in [0.25, 0.3) is 0 Å². The SMILES string of the molecule is COc1cccc(/C=N/OCCO/N=C/c2cccc(OC)c2O)c1O. The Morgan fingerprint density at radius 1 is 0.769 bits per heavy atom. The molecule has 0 aromatic heterocycles. The van der Waals surface area contributed by atoms with E-state index >= 15 is 0 Å². The summed E-state index contributed by atoms with van der Waals surface area (Å²) in [5.74, 6) is 0.683. The van der Waals surface area contributed by atoms with E-state index in [9.17, 15) is 10.2 Å². The van der Waals surface area contributed by atoms with Crippen LogP contribution in [0.5, 0.6) is 23.0 Å². The van der Waals surface area contributed by atoms with E-state index in [1.165, 1.54) is 26.6 Å². The molecule has 2 N–H and O–H groups in total. The lowest BCUT2D eigenvalue weighted by Gasteiger charge is -2.05. The van der Waals surface area contributed by atoms with E-state index in [0.29, 0.717) is 22.6 Å². The van der Waals surface area contributed by atoms with Crippen LogP contribution < -0.4 is 9.47 Å². The first kappa shape index (κ1) is 18.9. The minimum absolute atomic E-state index is 0.0127. The molecular formula is C18H20N2O6. The molecule has 0 saturated heterocycles. The van der Waals surface area contributed by atoms with Gasteiger partial charge in [-0.1, -0.05) is 22.4 Å². The zero-order chi connectivity index (χ0) is 18.8. The monoisotopic (exact) mass is 360 g/mol. The Morgan fingerprint density at radius 2 is 1.19 bits per heavy atom. The molecule has 0 aliphatic carbocycles. The van der Waals surface area contributed by atoms with Gasteiger partial charge in [0, 0.05) is 11.1 Å². The zero-order valence-electron chi connectivity index (χ0n) is 14.5. The molecule has 2 aromatic rings. The van der Waals surface area contributed by atoms with E-state index < -0.39 is 0 Å². The van der Waals surface area contributed by atoms with Gasteiger partial charge in [-0.15, -0.1) is 0 Å². The van der Waals surface area contributed by atoms with Gasteiger partial charge in [-0.2, -0.15) is 0 Å². The summed E-state index contributed by atoms with van der Waals surface area (Å²) in [6.07, 6.45) is 2.74. The Balaban J connectivity index is 1.74. The van der Waals surface area contributed by atoms with Crippen LogP contribution in [0.1, 0.15) is 11.1 Å². The summed E-state index contributed by atoms with van der Waals surface area (Å²) in [4.78, 5) is 10.1. The fourth-order valence-corrected chi connectivity index (χ4v) is 1.98. The Labute approximate surface area is 150 Å². The Morgan fingerprint density at radius 3 is 1.58 bits per heavy atom. The van der Waals surface area contributed by atoms with Crippen molar-refractivity contribution < 1.29 is 29.4 Å². The third kappa shape index (κ3) is 5.04. The van der Waals surface area contributed by atoms with E-state index in [4.69, 9.17) is 19.1 Å². The Hall–Kier alpha value is -3.42. The maximum atomic E-state index is 9.88. The molecule has 2 rings (SSSR count). The van der Waals surface area contributed by atoms with Gasteiger partial charge in [0.05, 0.1) is 26.6 Å². The van der Waals surface area contributed by atoms with Crippen molar-refractivity contribution in [3.8, 4) is 23.0 Å². The first-order valence-electron chi connectivity index (χ1n) is 7.70. The van der Waals surface area contributed by atoms with E-state index in [2.05, 4.69) is 10.3 Å². The smallest absolute Gasteiger partial charge is 0.166 e. The summed E-state index contributed by atoms with van der Waals surface area (Å²) in [6, 6.07) is 10.1. The van der Waals surface area contributed by atoms with Gasteiger partial charge in [-0.3, -0.25) is 0 Å². The highest BCUT2D eigenvalue weighted by Gasteiger charge is 2.05. The van der Waals surface area contributed by atoms with E-state index in [-0.39, 0.29) is 24.7 Å². The second kappa shape index (κ2) is 9.77. The molecule has 0 radical (unpaired) electrons. The number of nitrogens with zero attached hydrogens (tertiary/aromatic N) is 2. The van der Waals surface area contributed by atoms with Crippen LogP contribution in [0.15, 0.2) is 46.7 Å². The lowest BCUT2D eigenvalue weighted by Crippen LogP contribution is -1.98. The summed E-state index contributed by atoms with van der Waals surface area (Å²) < 4.78 is 10.0. The number of aromatic hydroxyl groups is 2. The van der Waals surface area contributed by atoms with Crippen molar-refractivity contribution in [3.63, 3.8) is 0 Å². The summed E-state index contributed by atoms with van der Waals surface area (Å²) >= 11 is 0. The lowest BCUT2D eigenvalue weighted by atomic mass is 10.2. The maximum Gasteiger partial charge on any atom is 0.166 e. The van der Waals surface area contributed by atoms with Crippen LogP contribution in [-0.2, 0) is 9.68 Å². The average Bonchev–Trinajstić information content (AvgIpc) is 2.66. The molecule has 8 nitrogen and oxygen atoms in total. The first-order chi connectivity index (χ1) is 12.7. The predicted octanol–water partition coefficient (Wildman–Crippen LogP) is 2.52. The standard InChI is InChI=1S/C18H20N2O6/c1-23-15-7-3-5-13(17(15)21)11-19-25-9-10-26-20-12-14-6-4-8-16(24-2)18(14)22/h3-8,11-12,21-22H,9-10H2,1-2H3/b19-11+,20-12+. The number of oxime groups is 2. The number of methoxy groups -OCH3 is 2. The highest BCUT2D eigenvalue weighted by atomic mass is 16.7. The van der Waals surface area contributed by atoms with Crippen LogP contribution in [0.2, 0.25) is 0 Å². The molecule has 0 fully saturated rings. The minimum Gasteiger partial charge on any atom is -0.504 e. The van der Waals surface area contributed by atoms with Crippen LogP contribution >= 0.6 is 0 Å². The summed E-state index contributed by atoms with van der Waals surface area (Å²) in [7, 11) is 2.94. The molecule has 8 heteroatoms. The number of ether oxygens (including phenoxy) is 2. The maximum absolute atomic E-state index is 9.88. The van der Waals surface area contributed by atoms with Crippen LogP contribution in [-0.4, -0.2) is 50.1 Å². The number of hydrogen-bond acceptors (Lipinski definition) is 8. The molecule has 0 heterocycles. The number of phenolic OH excluding ortho intramolecular Hbond substituents is 2. The van der Waals surface area contributed by atoms with Crippen LogP contribution in [0.4, 0.5) is 0 Å². The van der Waals surface area contributed by atoms with E-state index in [1.807, 2.05) is 0 Å². The number of para-hydroxylation sites is 2. The molecule has 0 bridgehead atoms. The predicted molar refractivity (Wildman–Crippen MR) is 96.4 cm³/mol. The molecule has 0 amide bonds. The van der Waals surface area contributed by atoms with Crippen molar-refractivity contribution in [1.82, 2.24) is 0 Å². The van der Waals surface area contributed by atoms with Crippen LogP contribution in [0, 0.1) is 0 Å². The van der Waals surface area contributed by atoms with Crippen molar-refractivity contribution >= 4 is 12.4 Å². The van der Waals surface area contributed by atoms with Gasteiger partial charge < -0.3 is 29.4 Å². The molecular weight excluding hydrogens is 340 g/mol. The van der Waals surface area contributed by atoms with Crippen LogP contribution in [0.25, 0.3) is 0 Å². The second-order valence-electron chi connectivity index (χ2n) is 4.93. The Kier molecular flexibility index (Phi) is 7.11.